The summed E-state index contributed by atoms with van der Waals surface area (Å²) in [6.45, 7) is 7.44. The number of sulfonamides is 1. The van der Waals surface area contributed by atoms with Crippen LogP contribution in [0.4, 0.5) is 0 Å². The SMILES string of the molecule is C=C(C)CNS(=O)(=O)c1ccc(C)cc1Cl. The monoisotopic (exact) mass is 259 g/mol. The van der Waals surface area contributed by atoms with Gasteiger partial charge >= 0.3 is 0 Å². The van der Waals surface area contributed by atoms with Crippen LogP contribution in [0, 0.1) is 6.92 Å². The van der Waals surface area contributed by atoms with Crippen LogP contribution in [0.15, 0.2) is 35.2 Å². The van der Waals surface area contributed by atoms with Gasteiger partial charge in [0.05, 0.1) is 5.02 Å². The number of rotatable bonds is 4. The average Bonchev–Trinajstić information content (AvgIpc) is 2.14. The number of halogens is 1. The lowest BCUT2D eigenvalue weighted by atomic mass is 10.2. The maximum atomic E-state index is 11.8. The largest absolute Gasteiger partial charge is 0.242 e. The van der Waals surface area contributed by atoms with E-state index in [0.29, 0.717) is 0 Å². The second-order valence-electron chi connectivity index (χ2n) is 3.72. The summed E-state index contributed by atoms with van der Waals surface area (Å²) in [5, 5.41) is 0.231. The number of aryl methyl sites for hydroxylation is 1. The Morgan fingerprint density at radius 1 is 1.50 bits per heavy atom. The minimum Gasteiger partial charge on any atom is -0.207 e. The minimum atomic E-state index is -3.55. The molecule has 0 saturated carbocycles. The first kappa shape index (κ1) is 13.2. The van der Waals surface area contributed by atoms with Gasteiger partial charge < -0.3 is 0 Å². The van der Waals surface area contributed by atoms with Crippen molar-refractivity contribution in [2.24, 2.45) is 0 Å². The Hall–Kier alpha value is -0.840. The highest BCUT2D eigenvalue weighted by Gasteiger charge is 2.16. The van der Waals surface area contributed by atoms with E-state index in [1.165, 1.54) is 6.07 Å². The zero-order valence-corrected chi connectivity index (χ0v) is 10.8. The smallest absolute Gasteiger partial charge is 0.207 e. The van der Waals surface area contributed by atoms with Gasteiger partial charge in [-0.15, -0.1) is 0 Å². The first-order valence-corrected chi connectivity index (χ1v) is 6.59. The van der Waals surface area contributed by atoms with Gasteiger partial charge in [-0.2, -0.15) is 0 Å². The standard InChI is InChI=1S/C11H14ClNO2S/c1-8(2)7-13-16(14,15)11-5-4-9(3)6-10(11)12/h4-6,13H,1,7H2,2-3H3. The van der Waals surface area contributed by atoms with Gasteiger partial charge in [-0.05, 0) is 31.5 Å². The van der Waals surface area contributed by atoms with Gasteiger partial charge in [-0.3, -0.25) is 0 Å². The zero-order chi connectivity index (χ0) is 12.3. The van der Waals surface area contributed by atoms with Crippen molar-refractivity contribution in [3.63, 3.8) is 0 Å². The Bertz CT molecular complexity index is 509. The van der Waals surface area contributed by atoms with Crippen molar-refractivity contribution < 1.29 is 8.42 Å². The molecule has 0 spiro atoms. The summed E-state index contributed by atoms with van der Waals surface area (Å²) in [6.07, 6.45) is 0. The zero-order valence-electron chi connectivity index (χ0n) is 9.25. The maximum absolute atomic E-state index is 11.8. The van der Waals surface area contributed by atoms with Crippen molar-refractivity contribution in [2.75, 3.05) is 6.54 Å². The molecule has 0 unspecified atom stereocenters. The van der Waals surface area contributed by atoms with E-state index in [2.05, 4.69) is 11.3 Å². The fraction of sp³-hybridized carbons (Fsp3) is 0.273. The molecule has 0 bridgehead atoms. The number of benzene rings is 1. The quantitative estimate of drug-likeness (QED) is 0.845. The number of hydrogen-bond acceptors (Lipinski definition) is 2. The Morgan fingerprint density at radius 2 is 2.12 bits per heavy atom. The van der Waals surface area contributed by atoms with Gasteiger partial charge in [-0.25, -0.2) is 13.1 Å². The molecule has 0 heterocycles. The summed E-state index contributed by atoms with van der Waals surface area (Å²) in [7, 11) is -3.55. The molecule has 0 radical (unpaired) electrons. The van der Waals surface area contributed by atoms with Gasteiger partial charge in [0.15, 0.2) is 0 Å². The molecule has 0 fully saturated rings. The van der Waals surface area contributed by atoms with Crippen LogP contribution in [0.2, 0.25) is 5.02 Å². The van der Waals surface area contributed by atoms with Gasteiger partial charge in [0.25, 0.3) is 0 Å². The molecule has 3 nitrogen and oxygen atoms in total. The molecule has 16 heavy (non-hydrogen) atoms. The van der Waals surface area contributed by atoms with Crippen molar-refractivity contribution in [2.45, 2.75) is 18.7 Å². The van der Waals surface area contributed by atoms with E-state index in [9.17, 15) is 8.42 Å². The van der Waals surface area contributed by atoms with Gasteiger partial charge in [0.1, 0.15) is 4.90 Å². The summed E-state index contributed by atoms with van der Waals surface area (Å²) < 4.78 is 26.1. The van der Waals surface area contributed by atoms with Gasteiger partial charge in [0, 0.05) is 6.54 Å². The molecule has 5 heteroatoms. The summed E-state index contributed by atoms with van der Waals surface area (Å²) >= 11 is 5.89. The van der Waals surface area contributed by atoms with Crippen molar-refractivity contribution in [3.8, 4) is 0 Å². The third kappa shape index (κ3) is 3.33. The van der Waals surface area contributed by atoms with Crippen molar-refractivity contribution in [3.05, 3.63) is 40.9 Å². The summed E-state index contributed by atoms with van der Waals surface area (Å²) in [5.74, 6) is 0. The van der Waals surface area contributed by atoms with Crippen LogP contribution in [0.3, 0.4) is 0 Å². The van der Waals surface area contributed by atoms with Gasteiger partial charge in [-0.1, -0.05) is 29.8 Å². The summed E-state index contributed by atoms with van der Waals surface area (Å²) in [4.78, 5) is 0.0982. The Morgan fingerprint density at radius 3 is 2.62 bits per heavy atom. The first-order valence-electron chi connectivity index (χ1n) is 4.73. The predicted molar refractivity (Wildman–Crippen MR) is 66.2 cm³/mol. The molecule has 0 aliphatic heterocycles. The second-order valence-corrected chi connectivity index (χ2v) is 5.86. The Balaban J connectivity index is 3.03. The van der Waals surface area contributed by atoms with E-state index < -0.39 is 10.0 Å². The molecule has 0 aliphatic carbocycles. The van der Waals surface area contributed by atoms with Gasteiger partial charge in [0.2, 0.25) is 10.0 Å². The molecule has 1 aromatic carbocycles. The maximum Gasteiger partial charge on any atom is 0.242 e. The molecule has 0 saturated heterocycles. The summed E-state index contributed by atoms with van der Waals surface area (Å²) in [5.41, 5.74) is 1.66. The predicted octanol–water partition coefficient (Wildman–Crippen LogP) is 2.50. The normalized spacial score (nSPS) is 11.4. The van der Waals surface area contributed by atoms with E-state index >= 15 is 0 Å². The van der Waals surface area contributed by atoms with Crippen molar-refractivity contribution >= 4 is 21.6 Å². The molecule has 88 valence electrons. The molecular formula is C11H14ClNO2S. The lowest BCUT2D eigenvalue weighted by Gasteiger charge is -2.08. The van der Waals surface area contributed by atoms with E-state index in [4.69, 9.17) is 11.6 Å². The van der Waals surface area contributed by atoms with Crippen LogP contribution in [-0.4, -0.2) is 15.0 Å². The fourth-order valence-electron chi connectivity index (χ4n) is 1.12. The Labute approximate surface area is 101 Å². The molecule has 0 aromatic heterocycles. The lowest BCUT2D eigenvalue weighted by Crippen LogP contribution is -2.25. The van der Waals surface area contributed by atoms with Crippen LogP contribution in [0.5, 0.6) is 0 Å². The fourth-order valence-corrected chi connectivity index (χ4v) is 2.81. The lowest BCUT2D eigenvalue weighted by molar-refractivity contribution is 0.585. The molecule has 0 atom stereocenters. The van der Waals surface area contributed by atoms with E-state index in [0.717, 1.165) is 11.1 Å². The third-order valence-corrected chi connectivity index (χ3v) is 3.83. The molecule has 0 amide bonds. The first-order chi connectivity index (χ1) is 7.33. The molecule has 1 N–H and O–H groups in total. The van der Waals surface area contributed by atoms with Crippen LogP contribution in [-0.2, 0) is 10.0 Å². The van der Waals surface area contributed by atoms with E-state index in [1.54, 1.807) is 19.1 Å². The van der Waals surface area contributed by atoms with Crippen LogP contribution in [0.25, 0.3) is 0 Å². The molecule has 0 aliphatic rings. The Kier molecular flexibility index (Phi) is 4.13. The van der Waals surface area contributed by atoms with Crippen molar-refractivity contribution in [1.82, 2.24) is 4.72 Å². The molecular weight excluding hydrogens is 246 g/mol. The number of nitrogens with one attached hydrogen (secondary N) is 1. The topological polar surface area (TPSA) is 46.2 Å². The molecule has 1 rings (SSSR count). The number of hydrogen-bond donors (Lipinski definition) is 1. The highest BCUT2D eigenvalue weighted by atomic mass is 35.5. The van der Waals surface area contributed by atoms with Crippen LogP contribution >= 0.6 is 11.6 Å². The molecule has 1 aromatic rings. The second kappa shape index (κ2) is 4.99. The summed E-state index contributed by atoms with van der Waals surface area (Å²) in [6, 6.07) is 4.83. The average molecular weight is 260 g/mol. The van der Waals surface area contributed by atoms with Crippen LogP contribution < -0.4 is 4.72 Å². The highest BCUT2D eigenvalue weighted by molar-refractivity contribution is 7.89. The third-order valence-electron chi connectivity index (χ3n) is 1.94. The minimum absolute atomic E-state index is 0.0982. The van der Waals surface area contributed by atoms with E-state index in [1.807, 2.05) is 6.92 Å². The van der Waals surface area contributed by atoms with Crippen molar-refractivity contribution in [1.29, 1.82) is 0 Å². The van der Waals surface area contributed by atoms with Crippen LogP contribution in [0.1, 0.15) is 12.5 Å². The highest BCUT2D eigenvalue weighted by Crippen LogP contribution is 2.22. The van der Waals surface area contributed by atoms with E-state index in [-0.39, 0.29) is 16.5 Å².